The van der Waals surface area contributed by atoms with E-state index in [1.807, 2.05) is 0 Å². The van der Waals surface area contributed by atoms with Crippen LogP contribution < -0.4 is 16.2 Å². The van der Waals surface area contributed by atoms with Gasteiger partial charge in [-0.05, 0) is 49.2 Å². The molecule has 1 aromatic heterocycles. The molecule has 0 radical (unpaired) electrons. The number of aliphatic hydroxyl groups is 1. The fraction of sp³-hybridized carbons (Fsp3) is 0.273. The number of piperidine rings is 1. The van der Waals surface area contributed by atoms with Crippen molar-refractivity contribution >= 4 is 17.4 Å². The number of para-hydroxylation sites is 1. The zero-order valence-electron chi connectivity index (χ0n) is 17.1. The van der Waals surface area contributed by atoms with Crippen LogP contribution in [0.3, 0.4) is 0 Å². The highest BCUT2D eigenvalue weighted by atomic mass is 35.5. The fourth-order valence-electron chi connectivity index (χ4n) is 3.87. The molecule has 1 aliphatic heterocycles. The van der Waals surface area contributed by atoms with Gasteiger partial charge in [0, 0.05) is 12.1 Å². The number of halogens is 2. The van der Waals surface area contributed by atoms with Crippen LogP contribution in [0.4, 0.5) is 10.2 Å². The molecule has 10 heteroatoms. The van der Waals surface area contributed by atoms with Crippen LogP contribution in [0.25, 0.3) is 11.3 Å². The number of benzene rings is 2. The van der Waals surface area contributed by atoms with Gasteiger partial charge in [-0.1, -0.05) is 17.7 Å². The molecule has 1 saturated heterocycles. The van der Waals surface area contributed by atoms with E-state index in [0.717, 1.165) is 12.8 Å². The normalized spacial score (nSPS) is 17.1. The molecule has 32 heavy (non-hydrogen) atoms. The molecule has 5 N–H and O–H groups in total. The maximum atomic E-state index is 14.0. The van der Waals surface area contributed by atoms with Crippen molar-refractivity contribution in [1.29, 1.82) is 5.26 Å². The van der Waals surface area contributed by atoms with Crippen LogP contribution >= 0.6 is 11.6 Å². The van der Waals surface area contributed by atoms with E-state index in [2.05, 4.69) is 11.3 Å². The zero-order chi connectivity index (χ0) is 22.8. The van der Waals surface area contributed by atoms with Crippen molar-refractivity contribution in [2.45, 2.75) is 25.1 Å². The summed E-state index contributed by atoms with van der Waals surface area (Å²) in [5, 5.41) is 24.2. The summed E-state index contributed by atoms with van der Waals surface area (Å²) in [4.78, 5) is 1.66. The summed E-state index contributed by atoms with van der Waals surface area (Å²) < 4.78 is 21.2. The smallest absolute Gasteiger partial charge is 0.181 e. The summed E-state index contributed by atoms with van der Waals surface area (Å²) in [6.45, 7) is 1.18. The van der Waals surface area contributed by atoms with Gasteiger partial charge in [-0.3, -0.25) is 0 Å². The summed E-state index contributed by atoms with van der Waals surface area (Å²) in [6, 6.07) is 10.9. The van der Waals surface area contributed by atoms with E-state index < -0.39 is 12.0 Å². The number of ether oxygens (including phenoxy) is 1. The molecule has 166 valence electrons. The van der Waals surface area contributed by atoms with Crippen LogP contribution in [0.2, 0.25) is 5.02 Å². The second-order valence-corrected chi connectivity index (χ2v) is 7.96. The molecular weight excluding hydrogens is 435 g/mol. The molecule has 2 aromatic carbocycles. The maximum absolute atomic E-state index is 14.0. The van der Waals surface area contributed by atoms with E-state index in [1.165, 1.54) is 18.2 Å². The van der Waals surface area contributed by atoms with E-state index >= 15 is 0 Å². The molecule has 8 nitrogen and oxygen atoms in total. The number of aliphatic hydroxyl groups excluding tert-OH is 1. The Balaban J connectivity index is 1.65. The molecular formula is C22H22ClFN6O2. The van der Waals surface area contributed by atoms with Gasteiger partial charge in [0.05, 0.1) is 23.2 Å². The molecule has 1 fully saturated rings. The number of anilines is 1. The highest BCUT2D eigenvalue weighted by Crippen LogP contribution is 2.36. The quantitative estimate of drug-likeness (QED) is 0.393. The number of rotatable bonds is 5. The van der Waals surface area contributed by atoms with Crippen molar-refractivity contribution in [3.8, 4) is 28.9 Å². The molecule has 0 amide bonds. The van der Waals surface area contributed by atoms with Crippen molar-refractivity contribution in [2.75, 3.05) is 18.8 Å². The Morgan fingerprint density at radius 1 is 1.28 bits per heavy atom. The summed E-state index contributed by atoms with van der Waals surface area (Å²) in [7, 11) is 0. The number of nitrogens with two attached hydrogens (primary N) is 2. The van der Waals surface area contributed by atoms with Gasteiger partial charge in [0.25, 0.3) is 0 Å². The summed E-state index contributed by atoms with van der Waals surface area (Å²) in [5.41, 5.74) is 13.5. The average Bonchev–Trinajstić information content (AvgIpc) is 3.14. The third kappa shape index (κ3) is 4.21. The van der Waals surface area contributed by atoms with Crippen molar-refractivity contribution in [2.24, 2.45) is 5.73 Å². The molecule has 0 saturated carbocycles. The van der Waals surface area contributed by atoms with Gasteiger partial charge in [-0.15, -0.1) is 0 Å². The van der Waals surface area contributed by atoms with Crippen LogP contribution in [0, 0.1) is 17.3 Å². The third-order valence-corrected chi connectivity index (χ3v) is 5.73. The Hall–Kier alpha value is -3.32. The van der Waals surface area contributed by atoms with Gasteiger partial charge in [0.15, 0.2) is 17.8 Å². The van der Waals surface area contributed by atoms with Gasteiger partial charge in [-0.2, -0.15) is 10.4 Å². The molecule has 2 heterocycles. The second kappa shape index (κ2) is 9.04. The first-order chi connectivity index (χ1) is 15.4. The van der Waals surface area contributed by atoms with Gasteiger partial charge in [0.2, 0.25) is 0 Å². The largest absolute Gasteiger partial charge is 0.453 e. The minimum absolute atomic E-state index is 0.0622. The first-order valence-electron chi connectivity index (χ1n) is 10.1. The standard InChI is InChI=1S/C22H22ClFN6O2/c23-16-4-1-5-17(24)20(16)32-15-8-6-13(7-9-15)19-18(22(27)31)21(26)30(28-19)14-3-2-10-29(11-14)12-25/h1,4-9,14,22,31H,2-3,10-11,26-27H2. The molecule has 2 atom stereocenters. The summed E-state index contributed by atoms with van der Waals surface area (Å²) in [5.74, 6) is 0.00609. The van der Waals surface area contributed by atoms with E-state index in [4.69, 9.17) is 27.8 Å². The predicted octanol–water partition coefficient (Wildman–Crippen LogP) is 3.78. The highest BCUT2D eigenvalue weighted by Gasteiger charge is 2.28. The maximum Gasteiger partial charge on any atom is 0.181 e. The SMILES string of the molecule is N#CN1CCCC(n2nc(-c3ccc(Oc4c(F)cccc4Cl)cc3)c(C(N)O)c2N)C1. The highest BCUT2D eigenvalue weighted by molar-refractivity contribution is 6.32. The molecule has 4 rings (SSSR count). The Morgan fingerprint density at radius 3 is 2.69 bits per heavy atom. The Bertz CT molecular complexity index is 1140. The number of nitrogens with zero attached hydrogens (tertiary/aromatic N) is 4. The average molecular weight is 457 g/mol. The van der Waals surface area contributed by atoms with Crippen LogP contribution in [-0.4, -0.2) is 32.9 Å². The van der Waals surface area contributed by atoms with Crippen LogP contribution in [0.1, 0.15) is 30.7 Å². The number of likely N-dealkylation sites (tertiary alicyclic amines) is 1. The Morgan fingerprint density at radius 2 is 2.03 bits per heavy atom. The number of hydrogen-bond acceptors (Lipinski definition) is 7. The van der Waals surface area contributed by atoms with Crippen molar-refractivity contribution < 1.29 is 14.2 Å². The van der Waals surface area contributed by atoms with Crippen molar-refractivity contribution in [3.05, 3.63) is 58.9 Å². The molecule has 2 unspecified atom stereocenters. The van der Waals surface area contributed by atoms with E-state index in [-0.39, 0.29) is 22.6 Å². The number of nitriles is 1. The van der Waals surface area contributed by atoms with Gasteiger partial charge in [0.1, 0.15) is 23.5 Å². The monoisotopic (exact) mass is 456 g/mol. The minimum Gasteiger partial charge on any atom is -0.453 e. The first kappa shape index (κ1) is 21.9. The minimum atomic E-state index is -1.33. The van der Waals surface area contributed by atoms with Gasteiger partial charge >= 0.3 is 0 Å². The first-order valence-corrected chi connectivity index (χ1v) is 10.5. The van der Waals surface area contributed by atoms with E-state index in [1.54, 1.807) is 33.8 Å². The van der Waals surface area contributed by atoms with Gasteiger partial charge < -0.3 is 26.2 Å². The van der Waals surface area contributed by atoms with E-state index in [0.29, 0.717) is 35.7 Å². The Kier molecular flexibility index (Phi) is 6.19. The second-order valence-electron chi connectivity index (χ2n) is 7.56. The summed E-state index contributed by atoms with van der Waals surface area (Å²) in [6.07, 6.45) is 2.47. The summed E-state index contributed by atoms with van der Waals surface area (Å²) >= 11 is 6.02. The zero-order valence-corrected chi connectivity index (χ0v) is 17.8. The van der Waals surface area contributed by atoms with Gasteiger partial charge in [-0.25, -0.2) is 9.07 Å². The van der Waals surface area contributed by atoms with E-state index in [9.17, 15) is 14.8 Å². The van der Waals surface area contributed by atoms with Crippen LogP contribution in [-0.2, 0) is 0 Å². The lowest BCUT2D eigenvalue weighted by Crippen LogP contribution is -2.34. The third-order valence-electron chi connectivity index (χ3n) is 5.43. The molecule has 1 aliphatic rings. The number of nitrogen functional groups attached to an aromatic ring is 1. The van der Waals surface area contributed by atoms with Crippen LogP contribution in [0.15, 0.2) is 42.5 Å². The molecule has 0 aliphatic carbocycles. The lowest BCUT2D eigenvalue weighted by Gasteiger charge is -2.29. The number of aromatic nitrogens is 2. The predicted molar refractivity (Wildman–Crippen MR) is 118 cm³/mol. The van der Waals surface area contributed by atoms with Crippen molar-refractivity contribution in [3.63, 3.8) is 0 Å². The molecule has 3 aromatic rings. The van der Waals surface area contributed by atoms with Crippen LogP contribution in [0.5, 0.6) is 11.5 Å². The molecule has 0 spiro atoms. The molecule has 0 bridgehead atoms. The lowest BCUT2D eigenvalue weighted by molar-refractivity contribution is 0.187. The number of hydrogen-bond donors (Lipinski definition) is 3. The lowest BCUT2D eigenvalue weighted by atomic mass is 10.1. The topological polar surface area (TPSA) is 126 Å². The van der Waals surface area contributed by atoms with Crippen molar-refractivity contribution in [1.82, 2.24) is 14.7 Å². The fourth-order valence-corrected chi connectivity index (χ4v) is 4.07. The Labute approximate surface area is 189 Å².